The van der Waals surface area contributed by atoms with Crippen molar-refractivity contribution < 1.29 is 28.6 Å². The van der Waals surface area contributed by atoms with Crippen LogP contribution in [0.5, 0.6) is 5.75 Å². The largest absolute Gasteiger partial charge is 0.493 e. The average Bonchev–Trinajstić information content (AvgIpc) is 3.78. The molecule has 1 aliphatic carbocycles. The van der Waals surface area contributed by atoms with E-state index in [0.29, 0.717) is 50.0 Å². The molecule has 2 fully saturated rings. The lowest BCUT2D eigenvalue weighted by molar-refractivity contribution is -0.122. The zero-order valence-corrected chi connectivity index (χ0v) is 25.4. The second-order valence-corrected chi connectivity index (χ2v) is 11.9. The van der Waals surface area contributed by atoms with Crippen LogP contribution in [0.25, 0.3) is 0 Å². The maximum atomic E-state index is 12.3. The molecule has 1 aromatic heterocycles. The summed E-state index contributed by atoms with van der Waals surface area (Å²) in [5, 5.41) is 9.50. The van der Waals surface area contributed by atoms with Gasteiger partial charge in [0.25, 0.3) is 5.91 Å². The van der Waals surface area contributed by atoms with Crippen LogP contribution in [-0.2, 0) is 14.3 Å². The van der Waals surface area contributed by atoms with Gasteiger partial charge >= 0.3 is 6.09 Å². The van der Waals surface area contributed by atoms with Gasteiger partial charge in [-0.15, -0.1) is 0 Å². The van der Waals surface area contributed by atoms with Gasteiger partial charge in [-0.25, -0.2) is 14.8 Å². The van der Waals surface area contributed by atoms with Gasteiger partial charge < -0.3 is 40.8 Å². The molecule has 13 nitrogen and oxygen atoms in total. The van der Waals surface area contributed by atoms with Gasteiger partial charge in [-0.2, -0.15) is 0 Å². The molecule has 0 spiro atoms. The Kier molecular flexibility index (Phi) is 10.6. The van der Waals surface area contributed by atoms with E-state index < -0.39 is 17.6 Å². The molecule has 0 atom stereocenters. The van der Waals surface area contributed by atoms with Crippen molar-refractivity contribution in [2.45, 2.75) is 70.4 Å². The van der Waals surface area contributed by atoms with Crippen LogP contribution in [0.4, 0.5) is 22.1 Å². The number of aromatic nitrogens is 2. The minimum Gasteiger partial charge on any atom is -0.493 e. The summed E-state index contributed by atoms with van der Waals surface area (Å²) in [6.07, 6.45) is 3.76. The van der Waals surface area contributed by atoms with Crippen molar-refractivity contribution in [1.29, 1.82) is 0 Å². The lowest BCUT2D eigenvalue weighted by Crippen LogP contribution is -2.41. The molecule has 1 saturated carbocycles. The molecule has 0 radical (unpaired) electrons. The van der Waals surface area contributed by atoms with Crippen LogP contribution in [-0.4, -0.2) is 84.4 Å². The Bertz CT molecular complexity index is 1290. The van der Waals surface area contributed by atoms with Crippen LogP contribution in [0.3, 0.4) is 0 Å². The third-order valence-corrected chi connectivity index (χ3v) is 6.78. The van der Waals surface area contributed by atoms with E-state index in [1.54, 1.807) is 26.8 Å². The fraction of sp³-hybridized carbons (Fsp3) is 0.567. The molecule has 3 amide bonds. The Labute approximate surface area is 252 Å². The van der Waals surface area contributed by atoms with Crippen LogP contribution < -0.4 is 26.4 Å². The fourth-order valence-electron chi connectivity index (χ4n) is 4.46. The van der Waals surface area contributed by atoms with Gasteiger partial charge in [0.15, 0.2) is 17.3 Å². The first-order valence-electron chi connectivity index (χ1n) is 14.7. The van der Waals surface area contributed by atoms with Crippen molar-refractivity contribution in [3.05, 3.63) is 35.7 Å². The molecule has 0 bridgehead atoms. The molecule has 2 aromatic rings. The number of hydrogen-bond donors (Lipinski definition) is 4. The maximum Gasteiger partial charge on any atom is 0.410 e. The van der Waals surface area contributed by atoms with E-state index in [0.717, 1.165) is 31.4 Å². The second-order valence-electron chi connectivity index (χ2n) is 11.9. The Balaban J connectivity index is 1.31. The van der Waals surface area contributed by atoms with Crippen molar-refractivity contribution in [2.75, 3.05) is 50.6 Å². The van der Waals surface area contributed by atoms with Crippen LogP contribution in [0.1, 0.15) is 75.0 Å². The number of ether oxygens (including phenoxy) is 3. The Morgan fingerprint density at radius 2 is 1.84 bits per heavy atom. The highest BCUT2D eigenvalue weighted by molar-refractivity contribution is 5.96. The normalized spacial score (nSPS) is 15.3. The van der Waals surface area contributed by atoms with Gasteiger partial charge in [0, 0.05) is 50.5 Å². The van der Waals surface area contributed by atoms with Gasteiger partial charge in [0.2, 0.25) is 5.91 Å². The highest BCUT2D eigenvalue weighted by Gasteiger charge is 2.32. The van der Waals surface area contributed by atoms with E-state index in [1.807, 2.05) is 18.2 Å². The number of nitrogens with one attached hydrogen (secondary N) is 3. The predicted octanol–water partition coefficient (Wildman–Crippen LogP) is 3.54. The topological polar surface area (TPSA) is 170 Å². The zero-order valence-electron chi connectivity index (χ0n) is 25.4. The number of nitrogens with two attached hydrogens (primary N) is 1. The lowest BCUT2D eigenvalue weighted by atomic mass is 10.1. The van der Waals surface area contributed by atoms with Gasteiger partial charge in [0.1, 0.15) is 17.9 Å². The number of carbonyl (C=O) groups excluding carboxylic acids is 3. The Hall–Kier alpha value is -4.13. The average molecular weight is 598 g/mol. The van der Waals surface area contributed by atoms with Crippen LogP contribution in [0.15, 0.2) is 24.3 Å². The predicted molar refractivity (Wildman–Crippen MR) is 162 cm³/mol. The third kappa shape index (κ3) is 9.98. The second kappa shape index (κ2) is 14.4. The molecular formula is C30H43N7O6. The van der Waals surface area contributed by atoms with E-state index in [-0.39, 0.29) is 35.9 Å². The standard InChI is InChI=1S/C30H43N7O6/c1-30(2,3)43-29(40)37(4)18-23(38)32-13-6-14-42-22-8-5-7-21(17-22)34-28-25(26(31)39)35-24(19-9-10-19)27(36-28)33-20-11-15-41-16-12-20/h5,7-8,17,19-20H,6,9-16,18H2,1-4H3,(H2,31,39)(H,32,38)(H2,33,34,36). The molecule has 1 aromatic carbocycles. The number of rotatable bonds is 13. The summed E-state index contributed by atoms with van der Waals surface area (Å²) in [7, 11) is 1.51. The first-order valence-corrected chi connectivity index (χ1v) is 14.7. The molecular weight excluding hydrogens is 554 g/mol. The summed E-state index contributed by atoms with van der Waals surface area (Å²) < 4.78 is 16.6. The summed E-state index contributed by atoms with van der Waals surface area (Å²) in [6, 6.07) is 7.49. The number of carbonyl (C=O) groups is 3. The number of nitrogens with zero attached hydrogens (tertiary/aromatic N) is 3. The number of primary amides is 1. The molecule has 4 rings (SSSR count). The fourth-order valence-corrected chi connectivity index (χ4v) is 4.46. The summed E-state index contributed by atoms with van der Waals surface area (Å²) >= 11 is 0. The highest BCUT2D eigenvalue weighted by atomic mass is 16.6. The minimum absolute atomic E-state index is 0.0961. The summed E-state index contributed by atoms with van der Waals surface area (Å²) in [4.78, 5) is 47.2. The summed E-state index contributed by atoms with van der Waals surface area (Å²) in [5.74, 6) is 0.890. The monoisotopic (exact) mass is 597 g/mol. The molecule has 2 aliphatic rings. The van der Waals surface area contributed by atoms with Crippen molar-refractivity contribution in [3.8, 4) is 5.75 Å². The minimum atomic E-state index is -0.652. The molecule has 5 N–H and O–H groups in total. The van der Waals surface area contributed by atoms with Crippen molar-refractivity contribution in [2.24, 2.45) is 5.73 Å². The highest BCUT2D eigenvalue weighted by Crippen LogP contribution is 2.43. The van der Waals surface area contributed by atoms with Gasteiger partial charge in [-0.1, -0.05) is 6.07 Å². The van der Waals surface area contributed by atoms with E-state index in [1.165, 1.54) is 11.9 Å². The number of hydrogen-bond acceptors (Lipinski definition) is 10. The van der Waals surface area contributed by atoms with E-state index in [4.69, 9.17) is 24.9 Å². The lowest BCUT2D eigenvalue weighted by Gasteiger charge is -2.25. The molecule has 234 valence electrons. The SMILES string of the molecule is CN(CC(=O)NCCCOc1cccc(Nc2nc(NC3CCOCC3)c(C3CC3)nc2C(N)=O)c1)C(=O)OC(C)(C)C. The Morgan fingerprint density at radius 1 is 1.09 bits per heavy atom. The van der Waals surface area contributed by atoms with Gasteiger partial charge in [-0.3, -0.25) is 9.59 Å². The quantitative estimate of drug-likeness (QED) is 0.251. The number of likely N-dealkylation sites (N-methyl/N-ethyl adjacent to an activating group) is 1. The van der Waals surface area contributed by atoms with Crippen molar-refractivity contribution in [3.63, 3.8) is 0 Å². The molecule has 1 aliphatic heterocycles. The molecule has 2 heterocycles. The first kappa shape index (κ1) is 31.8. The summed E-state index contributed by atoms with van der Waals surface area (Å²) in [5.41, 5.74) is 6.61. The van der Waals surface area contributed by atoms with Crippen LogP contribution >= 0.6 is 0 Å². The summed E-state index contributed by atoms with van der Waals surface area (Å²) in [6.45, 7) is 7.33. The smallest absolute Gasteiger partial charge is 0.410 e. The van der Waals surface area contributed by atoms with E-state index >= 15 is 0 Å². The zero-order chi connectivity index (χ0) is 31.0. The van der Waals surface area contributed by atoms with Crippen LogP contribution in [0.2, 0.25) is 0 Å². The van der Waals surface area contributed by atoms with E-state index in [9.17, 15) is 14.4 Å². The van der Waals surface area contributed by atoms with Crippen molar-refractivity contribution in [1.82, 2.24) is 20.2 Å². The molecule has 13 heteroatoms. The Morgan fingerprint density at radius 3 is 2.51 bits per heavy atom. The van der Waals surface area contributed by atoms with Crippen molar-refractivity contribution >= 4 is 35.2 Å². The number of benzene rings is 1. The third-order valence-electron chi connectivity index (χ3n) is 6.78. The van der Waals surface area contributed by atoms with E-state index in [2.05, 4.69) is 20.9 Å². The number of amides is 3. The van der Waals surface area contributed by atoms with Crippen LogP contribution in [0, 0.1) is 0 Å². The maximum absolute atomic E-state index is 12.3. The molecule has 1 saturated heterocycles. The van der Waals surface area contributed by atoms with Gasteiger partial charge in [-0.05, 0) is 65.0 Å². The molecule has 43 heavy (non-hydrogen) atoms. The van der Waals surface area contributed by atoms with Gasteiger partial charge in [0.05, 0.1) is 12.3 Å². The first-order chi connectivity index (χ1) is 20.5. The molecule has 0 unspecified atom stereocenters. The number of anilines is 3.